The molecule has 2 rings (SSSR count). The summed E-state index contributed by atoms with van der Waals surface area (Å²) in [7, 11) is 1.80. The van der Waals surface area contributed by atoms with E-state index in [1.807, 2.05) is 74.5 Å². The molecule has 5 N–H and O–H groups in total. The van der Waals surface area contributed by atoms with E-state index in [1.165, 1.54) is 0 Å². The summed E-state index contributed by atoms with van der Waals surface area (Å²) in [6.45, 7) is 10.1. The summed E-state index contributed by atoms with van der Waals surface area (Å²) >= 11 is 0. The number of nitrogens with one attached hydrogen (secondary N) is 4. The zero-order chi connectivity index (χ0) is 30.4. The molecule has 0 aliphatic rings. The highest BCUT2D eigenvalue weighted by molar-refractivity contribution is 5.88. The molecule has 0 aliphatic heterocycles. The largest absolute Gasteiger partial charge is 0.444 e. The zero-order valence-corrected chi connectivity index (χ0v) is 25.3. The highest BCUT2D eigenvalue weighted by Crippen LogP contribution is 2.20. The van der Waals surface area contributed by atoms with Crippen molar-refractivity contribution in [2.45, 2.75) is 77.7 Å². The highest BCUT2D eigenvalue weighted by Gasteiger charge is 2.32. The molecule has 0 radical (unpaired) electrons. The second-order valence-electron chi connectivity index (χ2n) is 11.8. The number of alkyl carbamates (subject to hydrolysis) is 1. The van der Waals surface area contributed by atoms with E-state index in [1.54, 1.807) is 27.8 Å². The molecule has 0 aromatic heterocycles. The van der Waals surface area contributed by atoms with Crippen molar-refractivity contribution >= 4 is 17.9 Å². The van der Waals surface area contributed by atoms with Crippen LogP contribution in [0.4, 0.5) is 4.79 Å². The van der Waals surface area contributed by atoms with Gasteiger partial charge in [-0.2, -0.15) is 0 Å². The lowest BCUT2D eigenvalue weighted by Crippen LogP contribution is -2.53. The van der Waals surface area contributed by atoms with Gasteiger partial charge < -0.3 is 31.1 Å². The van der Waals surface area contributed by atoms with Crippen LogP contribution in [-0.2, 0) is 27.2 Å². The first-order valence-corrected chi connectivity index (χ1v) is 14.4. The minimum atomic E-state index is -1.07. The van der Waals surface area contributed by atoms with Crippen LogP contribution in [0.1, 0.15) is 52.2 Å². The second-order valence-corrected chi connectivity index (χ2v) is 11.8. The van der Waals surface area contributed by atoms with Gasteiger partial charge in [-0.05, 0) is 64.1 Å². The predicted octanol–water partition coefficient (Wildman–Crippen LogP) is 3.21. The van der Waals surface area contributed by atoms with Gasteiger partial charge in [-0.3, -0.25) is 9.59 Å². The van der Waals surface area contributed by atoms with Gasteiger partial charge in [0.05, 0.1) is 12.1 Å². The fourth-order valence-electron chi connectivity index (χ4n) is 4.47. The fraction of sp³-hybridized carbons (Fsp3) is 0.531. The average Bonchev–Trinajstić information content (AvgIpc) is 2.90. The molecule has 0 aliphatic carbocycles. The number of hydrogen-bond donors (Lipinski definition) is 5. The lowest BCUT2D eigenvalue weighted by molar-refractivity contribution is -0.132. The Bertz CT molecular complexity index is 1070. The first-order valence-electron chi connectivity index (χ1n) is 14.4. The van der Waals surface area contributed by atoms with Crippen molar-refractivity contribution in [1.29, 1.82) is 0 Å². The van der Waals surface area contributed by atoms with Crippen LogP contribution >= 0.6 is 0 Å². The van der Waals surface area contributed by atoms with E-state index in [2.05, 4.69) is 21.3 Å². The van der Waals surface area contributed by atoms with Gasteiger partial charge in [0, 0.05) is 19.0 Å². The van der Waals surface area contributed by atoms with E-state index in [-0.39, 0.29) is 24.2 Å². The van der Waals surface area contributed by atoms with Gasteiger partial charge in [-0.15, -0.1) is 0 Å². The molecular weight excluding hydrogens is 520 g/mol. The number of aliphatic hydroxyl groups excluding tert-OH is 1. The molecule has 2 aromatic carbocycles. The molecule has 0 fully saturated rings. The number of carbonyl (C=O) groups excluding carboxylic acids is 3. The van der Waals surface area contributed by atoms with E-state index >= 15 is 0 Å². The molecule has 3 amide bonds. The van der Waals surface area contributed by atoms with Gasteiger partial charge >= 0.3 is 6.09 Å². The number of ether oxygens (including phenoxy) is 1. The SMILES string of the molecule is CNCCNC(=O)[C@@H](NC(=O)[C@@H](Cc1ccccc1)C[C@H](O)[C@H](Cc1ccccc1)NC(=O)OC(C)(C)C)C(C)C. The predicted molar refractivity (Wildman–Crippen MR) is 161 cm³/mol. The first-order chi connectivity index (χ1) is 19.4. The Hall–Kier alpha value is -3.43. The minimum absolute atomic E-state index is 0.0697. The van der Waals surface area contributed by atoms with E-state index in [4.69, 9.17) is 4.74 Å². The van der Waals surface area contributed by atoms with Gasteiger partial charge in [0.1, 0.15) is 11.6 Å². The summed E-state index contributed by atoms with van der Waals surface area (Å²) in [6.07, 6.45) is -0.923. The molecule has 0 bridgehead atoms. The molecule has 9 heteroatoms. The summed E-state index contributed by atoms with van der Waals surface area (Å²) in [6, 6.07) is 17.7. The van der Waals surface area contributed by atoms with Crippen LogP contribution in [0, 0.1) is 11.8 Å². The number of benzene rings is 2. The zero-order valence-electron chi connectivity index (χ0n) is 25.3. The van der Waals surface area contributed by atoms with Crippen molar-refractivity contribution in [3.05, 3.63) is 71.8 Å². The molecule has 0 saturated carbocycles. The molecule has 0 heterocycles. The summed E-state index contributed by atoms with van der Waals surface area (Å²) in [5.41, 5.74) is 1.15. The Balaban J connectivity index is 2.28. The number of aliphatic hydroxyl groups is 1. The van der Waals surface area contributed by atoms with Gasteiger partial charge in [0.25, 0.3) is 0 Å². The third-order valence-electron chi connectivity index (χ3n) is 6.61. The van der Waals surface area contributed by atoms with Crippen LogP contribution in [0.5, 0.6) is 0 Å². The monoisotopic (exact) mass is 568 g/mol. The van der Waals surface area contributed by atoms with Gasteiger partial charge in [-0.25, -0.2) is 4.79 Å². The van der Waals surface area contributed by atoms with Gasteiger partial charge in [0.2, 0.25) is 11.8 Å². The Labute approximate surface area is 244 Å². The van der Waals surface area contributed by atoms with Crippen molar-refractivity contribution in [2.24, 2.45) is 11.8 Å². The number of carbonyl (C=O) groups is 3. The van der Waals surface area contributed by atoms with Gasteiger partial charge in [-0.1, -0.05) is 74.5 Å². The van der Waals surface area contributed by atoms with Crippen LogP contribution in [0.3, 0.4) is 0 Å². The summed E-state index contributed by atoms with van der Waals surface area (Å²) < 4.78 is 5.46. The minimum Gasteiger partial charge on any atom is -0.444 e. The molecule has 226 valence electrons. The maximum atomic E-state index is 13.7. The summed E-state index contributed by atoms with van der Waals surface area (Å²) in [4.78, 5) is 39.3. The van der Waals surface area contributed by atoms with Crippen molar-refractivity contribution in [1.82, 2.24) is 21.3 Å². The molecular formula is C32H48N4O5. The van der Waals surface area contributed by atoms with Crippen LogP contribution in [0.25, 0.3) is 0 Å². The van der Waals surface area contributed by atoms with E-state index < -0.39 is 35.8 Å². The highest BCUT2D eigenvalue weighted by atomic mass is 16.6. The molecule has 2 aromatic rings. The summed E-state index contributed by atoms with van der Waals surface area (Å²) in [5, 5.41) is 23.1. The standard InChI is InChI=1S/C32H48N4O5/c1-22(2)28(30(39)34-18-17-33-6)36-29(38)25(19-23-13-9-7-10-14-23)21-27(37)26(20-24-15-11-8-12-16-24)35-31(40)41-32(3,4)5/h7-16,22,25-28,33,37H,17-21H2,1-6H3,(H,34,39)(H,35,40)(H,36,38)/t25-,26-,27-,28-/m0/s1. The molecule has 0 saturated heterocycles. The van der Waals surface area contributed by atoms with Crippen molar-refractivity contribution in [3.63, 3.8) is 0 Å². The first kappa shape index (κ1) is 33.8. The fourth-order valence-corrected chi connectivity index (χ4v) is 4.47. The van der Waals surface area contributed by atoms with Crippen LogP contribution in [0.15, 0.2) is 60.7 Å². The Morgan fingerprint density at radius 3 is 1.90 bits per heavy atom. The molecule has 41 heavy (non-hydrogen) atoms. The van der Waals surface area contributed by atoms with E-state index in [9.17, 15) is 19.5 Å². The number of hydrogen-bond acceptors (Lipinski definition) is 6. The Morgan fingerprint density at radius 2 is 1.39 bits per heavy atom. The topological polar surface area (TPSA) is 129 Å². The summed E-state index contributed by atoms with van der Waals surface area (Å²) in [5.74, 6) is -1.38. The second kappa shape index (κ2) is 16.7. The van der Waals surface area contributed by atoms with Crippen molar-refractivity contribution in [2.75, 3.05) is 20.1 Å². The number of rotatable bonds is 15. The quantitative estimate of drug-likeness (QED) is 0.210. The maximum Gasteiger partial charge on any atom is 0.407 e. The van der Waals surface area contributed by atoms with Crippen molar-refractivity contribution in [3.8, 4) is 0 Å². The Morgan fingerprint density at radius 1 is 0.829 bits per heavy atom. The van der Waals surface area contributed by atoms with E-state index in [0.29, 0.717) is 25.9 Å². The molecule has 0 unspecified atom stereocenters. The Kier molecular flexibility index (Phi) is 13.8. The van der Waals surface area contributed by atoms with Gasteiger partial charge in [0.15, 0.2) is 0 Å². The normalized spacial score (nSPS) is 14.4. The van der Waals surface area contributed by atoms with Crippen LogP contribution < -0.4 is 21.3 Å². The van der Waals surface area contributed by atoms with E-state index in [0.717, 1.165) is 11.1 Å². The lowest BCUT2D eigenvalue weighted by atomic mass is 9.88. The number of likely N-dealkylation sites (N-methyl/N-ethyl adjacent to an activating group) is 1. The van der Waals surface area contributed by atoms with Crippen LogP contribution in [0.2, 0.25) is 0 Å². The maximum absolute atomic E-state index is 13.7. The average molecular weight is 569 g/mol. The number of amides is 3. The van der Waals surface area contributed by atoms with Crippen LogP contribution in [-0.4, -0.2) is 66.9 Å². The molecule has 9 nitrogen and oxygen atoms in total. The molecule has 0 spiro atoms. The lowest BCUT2D eigenvalue weighted by Gasteiger charge is -2.30. The third-order valence-corrected chi connectivity index (χ3v) is 6.61. The molecule has 4 atom stereocenters. The third kappa shape index (κ3) is 12.7. The van der Waals surface area contributed by atoms with Crippen molar-refractivity contribution < 1.29 is 24.2 Å². The smallest absolute Gasteiger partial charge is 0.407 e.